The van der Waals surface area contributed by atoms with Crippen LogP contribution in [-0.4, -0.2) is 11.8 Å². The first-order chi connectivity index (χ1) is 10.8. The van der Waals surface area contributed by atoms with Crippen molar-refractivity contribution in [1.29, 1.82) is 0 Å². The van der Waals surface area contributed by atoms with E-state index in [1.54, 1.807) is 6.07 Å². The third-order valence-electron chi connectivity index (χ3n) is 3.89. The predicted molar refractivity (Wildman–Crippen MR) is 93.8 cm³/mol. The van der Waals surface area contributed by atoms with Gasteiger partial charge in [0.1, 0.15) is 0 Å². The molecule has 2 N–H and O–H groups in total. The first-order valence-corrected chi connectivity index (χ1v) is 7.55. The number of anilines is 2. The van der Waals surface area contributed by atoms with Crippen molar-refractivity contribution < 1.29 is 9.59 Å². The maximum atomic E-state index is 12.1. The molecule has 0 saturated heterocycles. The molecule has 0 fully saturated rings. The summed E-state index contributed by atoms with van der Waals surface area (Å²) < 4.78 is 0. The van der Waals surface area contributed by atoms with Gasteiger partial charge in [0.05, 0.1) is 0 Å². The van der Waals surface area contributed by atoms with Gasteiger partial charge in [-0.25, -0.2) is 0 Å². The van der Waals surface area contributed by atoms with Gasteiger partial charge in [0.25, 0.3) is 0 Å². The molecule has 0 atom stereocenters. The van der Waals surface area contributed by atoms with Gasteiger partial charge >= 0.3 is 11.8 Å². The Labute approximate surface area is 136 Å². The summed E-state index contributed by atoms with van der Waals surface area (Å²) in [5, 5.41) is 5.33. The summed E-state index contributed by atoms with van der Waals surface area (Å²) in [6.07, 6.45) is 0. The van der Waals surface area contributed by atoms with E-state index < -0.39 is 11.8 Å². The smallest absolute Gasteiger partial charge is 0.314 e. The zero-order chi connectivity index (χ0) is 17.1. The third kappa shape index (κ3) is 3.97. The molecule has 23 heavy (non-hydrogen) atoms. The summed E-state index contributed by atoms with van der Waals surface area (Å²) in [5.41, 5.74) is 6.51. The Bertz CT molecular complexity index is 756. The minimum atomic E-state index is -0.673. The van der Waals surface area contributed by atoms with E-state index in [1.807, 2.05) is 58.9 Å². The molecule has 2 aromatic carbocycles. The molecule has 0 aliphatic rings. The molecular weight excluding hydrogens is 288 g/mol. The zero-order valence-corrected chi connectivity index (χ0v) is 14.2. The Kier molecular flexibility index (Phi) is 4.84. The van der Waals surface area contributed by atoms with Crippen molar-refractivity contribution in [2.45, 2.75) is 34.6 Å². The topological polar surface area (TPSA) is 58.2 Å². The highest BCUT2D eigenvalue weighted by Crippen LogP contribution is 2.22. The fourth-order valence-electron chi connectivity index (χ4n) is 2.55. The van der Waals surface area contributed by atoms with Gasteiger partial charge in [0.2, 0.25) is 0 Å². The van der Waals surface area contributed by atoms with Crippen LogP contribution in [0.2, 0.25) is 0 Å². The van der Waals surface area contributed by atoms with Crippen LogP contribution < -0.4 is 10.6 Å². The molecule has 0 saturated carbocycles. The summed E-state index contributed by atoms with van der Waals surface area (Å²) in [6.45, 7) is 9.78. The molecule has 4 heteroatoms. The lowest BCUT2D eigenvalue weighted by atomic mass is 10.1. The highest BCUT2D eigenvalue weighted by Gasteiger charge is 2.16. The van der Waals surface area contributed by atoms with Crippen LogP contribution in [0, 0.1) is 34.6 Å². The van der Waals surface area contributed by atoms with Gasteiger partial charge in [0.15, 0.2) is 0 Å². The Morgan fingerprint density at radius 2 is 1.26 bits per heavy atom. The van der Waals surface area contributed by atoms with Crippen LogP contribution >= 0.6 is 0 Å². The van der Waals surface area contributed by atoms with E-state index in [-0.39, 0.29) is 0 Å². The number of nitrogens with one attached hydrogen (secondary N) is 2. The van der Waals surface area contributed by atoms with E-state index in [9.17, 15) is 9.59 Å². The highest BCUT2D eigenvalue weighted by atomic mass is 16.2. The van der Waals surface area contributed by atoms with Crippen LogP contribution in [-0.2, 0) is 9.59 Å². The first kappa shape index (κ1) is 16.7. The molecule has 2 rings (SSSR count). The van der Waals surface area contributed by atoms with Crippen LogP contribution in [0.4, 0.5) is 11.4 Å². The predicted octanol–water partition coefficient (Wildman–Crippen LogP) is 3.81. The van der Waals surface area contributed by atoms with Crippen molar-refractivity contribution in [1.82, 2.24) is 0 Å². The third-order valence-corrected chi connectivity index (χ3v) is 3.89. The van der Waals surface area contributed by atoms with Gasteiger partial charge < -0.3 is 10.6 Å². The number of aryl methyl sites for hydroxylation is 5. The van der Waals surface area contributed by atoms with E-state index in [1.165, 1.54) is 0 Å². The molecule has 4 nitrogen and oxygen atoms in total. The molecule has 0 radical (unpaired) electrons. The molecule has 0 aliphatic carbocycles. The molecule has 0 aromatic heterocycles. The Balaban J connectivity index is 2.11. The van der Waals surface area contributed by atoms with Crippen molar-refractivity contribution in [3.05, 3.63) is 58.1 Å². The van der Waals surface area contributed by atoms with Crippen molar-refractivity contribution in [3.8, 4) is 0 Å². The number of benzene rings is 2. The molecule has 0 unspecified atom stereocenters. The van der Waals surface area contributed by atoms with Gasteiger partial charge in [-0.2, -0.15) is 0 Å². The number of amides is 2. The molecule has 2 amide bonds. The van der Waals surface area contributed by atoms with Gasteiger partial charge in [-0.3, -0.25) is 9.59 Å². The standard InChI is InChI=1S/C19H22N2O2/c1-11-8-14(4)17(15(5)9-11)21-19(23)18(22)20-16-7-6-12(2)13(3)10-16/h6-10H,1-5H3,(H,20,22)(H,21,23). The van der Waals surface area contributed by atoms with Crippen LogP contribution in [0.1, 0.15) is 27.8 Å². The summed E-state index contributed by atoms with van der Waals surface area (Å²) in [6, 6.07) is 9.50. The molecule has 0 heterocycles. The SMILES string of the molecule is Cc1cc(C)c(NC(=O)C(=O)Nc2ccc(C)c(C)c2)c(C)c1. The summed E-state index contributed by atoms with van der Waals surface area (Å²) in [5.74, 6) is -1.34. The van der Waals surface area contributed by atoms with Crippen LogP contribution in [0.25, 0.3) is 0 Å². The van der Waals surface area contributed by atoms with Crippen molar-refractivity contribution >= 4 is 23.2 Å². The Morgan fingerprint density at radius 3 is 1.83 bits per heavy atom. The average Bonchev–Trinajstić information content (AvgIpc) is 2.46. The lowest BCUT2D eigenvalue weighted by Crippen LogP contribution is -2.29. The number of hydrogen-bond acceptors (Lipinski definition) is 2. The normalized spacial score (nSPS) is 10.3. The fraction of sp³-hybridized carbons (Fsp3) is 0.263. The maximum absolute atomic E-state index is 12.1. The van der Waals surface area contributed by atoms with Crippen LogP contribution in [0.5, 0.6) is 0 Å². The lowest BCUT2D eigenvalue weighted by molar-refractivity contribution is -0.133. The summed E-state index contributed by atoms with van der Waals surface area (Å²) >= 11 is 0. The quantitative estimate of drug-likeness (QED) is 0.829. The number of carbonyl (C=O) groups excluding carboxylic acids is 2. The molecule has 2 aromatic rings. The molecule has 0 bridgehead atoms. The van der Waals surface area contributed by atoms with Crippen molar-refractivity contribution in [3.63, 3.8) is 0 Å². The van der Waals surface area contributed by atoms with E-state index >= 15 is 0 Å². The molecule has 120 valence electrons. The number of carbonyl (C=O) groups is 2. The fourth-order valence-corrected chi connectivity index (χ4v) is 2.55. The Hall–Kier alpha value is -2.62. The first-order valence-electron chi connectivity index (χ1n) is 7.55. The summed E-state index contributed by atoms with van der Waals surface area (Å²) in [7, 11) is 0. The molecular formula is C19H22N2O2. The van der Waals surface area contributed by atoms with Crippen LogP contribution in [0.3, 0.4) is 0 Å². The summed E-state index contributed by atoms with van der Waals surface area (Å²) in [4.78, 5) is 24.2. The number of hydrogen-bond donors (Lipinski definition) is 2. The van der Waals surface area contributed by atoms with Gasteiger partial charge in [-0.1, -0.05) is 23.8 Å². The van der Waals surface area contributed by atoms with Gasteiger partial charge in [-0.05, 0) is 69.0 Å². The molecule has 0 aliphatic heterocycles. The monoisotopic (exact) mass is 310 g/mol. The van der Waals surface area contributed by atoms with E-state index in [0.29, 0.717) is 11.4 Å². The van der Waals surface area contributed by atoms with Gasteiger partial charge in [0, 0.05) is 11.4 Å². The maximum Gasteiger partial charge on any atom is 0.314 e. The van der Waals surface area contributed by atoms with Gasteiger partial charge in [-0.15, -0.1) is 0 Å². The van der Waals surface area contributed by atoms with E-state index in [2.05, 4.69) is 10.6 Å². The average molecular weight is 310 g/mol. The van der Waals surface area contributed by atoms with E-state index in [0.717, 1.165) is 27.8 Å². The highest BCUT2D eigenvalue weighted by molar-refractivity contribution is 6.43. The van der Waals surface area contributed by atoms with Crippen molar-refractivity contribution in [2.24, 2.45) is 0 Å². The van der Waals surface area contributed by atoms with E-state index in [4.69, 9.17) is 0 Å². The second-order valence-electron chi connectivity index (χ2n) is 5.98. The van der Waals surface area contributed by atoms with Crippen molar-refractivity contribution in [2.75, 3.05) is 10.6 Å². The lowest BCUT2D eigenvalue weighted by Gasteiger charge is -2.13. The Morgan fingerprint density at radius 1 is 0.696 bits per heavy atom. The zero-order valence-electron chi connectivity index (χ0n) is 14.2. The second kappa shape index (κ2) is 6.65. The largest absolute Gasteiger partial charge is 0.318 e. The number of rotatable bonds is 2. The minimum Gasteiger partial charge on any atom is -0.318 e. The second-order valence-corrected chi connectivity index (χ2v) is 5.98. The minimum absolute atomic E-state index is 0.616. The molecule has 0 spiro atoms. The van der Waals surface area contributed by atoms with Crippen LogP contribution in [0.15, 0.2) is 30.3 Å².